The van der Waals surface area contributed by atoms with Crippen LogP contribution in [0.2, 0.25) is 0 Å². The van der Waals surface area contributed by atoms with E-state index in [1.165, 1.54) is 11.3 Å². The number of rotatable bonds is 3. The van der Waals surface area contributed by atoms with Gasteiger partial charge in [-0.25, -0.2) is 0 Å². The van der Waals surface area contributed by atoms with Crippen LogP contribution in [-0.2, 0) is 0 Å². The van der Waals surface area contributed by atoms with E-state index in [-0.39, 0.29) is 0 Å². The molecule has 0 aliphatic heterocycles. The van der Waals surface area contributed by atoms with E-state index < -0.39 is 6.10 Å². The van der Waals surface area contributed by atoms with Crippen LogP contribution in [0.3, 0.4) is 0 Å². The third kappa shape index (κ3) is 2.00. The third-order valence-electron chi connectivity index (χ3n) is 2.14. The van der Waals surface area contributed by atoms with Crippen LogP contribution in [0.4, 0.5) is 0 Å². The number of methoxy groups -OCH3 is 1. The maximum atomic E-state index is 10.1. The summed E-state index contributed by atoms with van der Waals surface area (Å²) in [4.78, 5) is 4.85. The van der Waals surface area contributed by atoms with Gasteiger partial charge in [0.1, 0.15) is 11.9 Å². The van der Waals surface area contributed by atoms with E-state index in [0.29, 0.717) is 5.75 Å². The third-order valence-corrected chi connectivity index (χ3v) is 3.07. The van der Waals surface area contributed by atoms with Gasteiger partial charge in [-0.2, -0.15) is 0 Å². The number of thiophene rings is 1. The average molecular weight is 221 g/mol. The van der Waals surface area contributed by atoms with Crippen LogP contribution in [0.25, 0.3) is 0 Å². The standard InChI is InChI=1S/C11H11NO2S/c1-14-9-7-12-5-4-8(9)11(13)10-3-2-6-15-10/h2-7,11,13H,1H3. The molecule has 1 unspecified atom stereocenters. The Labute approximate surface area is 92.0 Å². The highest BCUT2D eigenvalue weighted by Gasteiger charge is 2.15. The fourth-order valence-electron chi connectivity index (χ4n) is 1.39. The van der Waals surface area contributed by atoms with Gasteiger partial charge >= 0.3 is 0 Å². The Hall–Kier alpha value is -1.39. The van der Waals surface area contributed by atoms with Crippen molar-refractivity contribution in [3.05, 3.63) is 46.4 Å². The highest BCUT2D eigenvalue weighted by Crippen LogP contribution is 2.31. The summed E-state index contributed by atoms with van der Waals surface area (Å²) in [6, 6.07) is 5.58. The molecule has 4 heteroatoms. The maximum Gasteiger partial charge on any atom is 0.143 e. The smallest absolute Gasteiger partial charge is 0.143 e. The summed E-state index contributed by atoms with van der Waals surface area (Å²) in [5.41, 5.74) is 0.745. The number of ether oxygens (including phenoxy) is 1. The van der Waals surface area contributed by atoms with E-state index in [4.69, 9.17) is 4.74 Å². The Bertz CT molecular complexity index is 428. The lowest BCUT2D eigenvalue weighted by molar-refractivity contribution is 0.218. The molecule has 15 heavy (non-hydrogen) atoms. The summed E-state index contributed by atoms with van der Waals surface area (Å²) in [5, 5.41) is 12.0. The van der Waals surface area contributed by atoms with Crippen molar-refractivity contribution in [2.45, 2.75) is 6.10 Å². The van der Waals surface area contributed by atoms with Gasteiger partial charge in [-0.1, -0.05) is 6.07 Å². The van der Waals surface area contributed by atoms with Crippen LogP contribution in [0.1, 0.15) is 16.5 Å². The lowest BCUT2D eigenvalue weighted by atomic mass is 10.1. The van der Waals surface area contributed by atoms with Crippen molar-refractivity contribution in [3.63, 3.8) is 0 Å². The quantitative estimate of drug-likeness (QED) is 0.864. The van der Waals surface area contributed by atoms with E-state index in [1.54, 1.807) is 25.6 Å². The Kier molecular flexibility index (Phi) is 2.99. The second-order valence-corrected chi connectivity index (χ2v) is 4.01. The summed E-state index contributed by atoms with van der Waals surface area (Å²) in [5.74, 6) is 0.610. The Morgan fingerprint density at radius 3 is 3.00 bits per heavy atom. The molecule has 0 radical (unpaired) electrons. The van der Waals surface area contributed by atoms with Gasteiger partial charge in [-0.15, -0.1) is 11.3 Å². The number of hydrogen-bond acceptors (Lipinski definition) is 4. The van der Waals surface area contributed by atoms with Gasteiger partial charge in [0.05, 0.1) is 13.3 Å². The number of nitrogens with zero attached hydrogens (tertiary/aromatic N) is 1. The van der Waals surface area contributed by atoms with Crippen molar-refractivity contribution in [1.82, 2.24) is 4.98 Å². The number of aromatic nitrogens is 1. The summed E-state index contributed by atoms with van der Waals surface area (Å²) in [6.07, 6.45) is 2.61. The van der Waals surface area contributed by atoms with Gasteiger partial charge in [-0.3, -0.25) is 4.98 Å². The van der Waals surface area contributed by atoms with Crippen molar-refractivity contribution in [1.29, 1.82) is 0 Å². The topological polar surface area (TPSA) is 42.4 Å². The molecular formula is C11H11NO2S. The van der Waals surface area contributed by atoms with Crippen molar-refractivity contribution >= 4 is 11.3 Å². The average Bonchev–Trinajstić information content (AvgIpc) is 2.81. The number of hydrogen-bond donors (Lipinski definition) is 1. The summed E-state index contributed by atoms with van der Waals surface area (Å²) in [7, 11) is 1.57. The van der Waals surface area contributed by atoms with Crippen LogP contribution < -0.4 is 4.74 Å². The van der Waals surface area contributed by atoms with Crippen LogP contribution in [-0.4, -0.2) is 17.2 Å². The van der Waals surface area contributed by atoms with Gasteiger partial charge in [0.25, 0.3) is 0 Å². The first-order valence-electron chi connectivity index (χ1n) is 4.52. The molecule has 0 aliphatic carbocycles. The van der Waals surface area contributed by atoms with E-state index in [0.717, 1.165) is 10.4 Å². The lowest BCUT2D eigenvalue weighted by Crippen LogP contribution is -2.00. The van der Waals surface area contributed by atoms with Crippen LogP contribution in [0.15, 0.2) is 36.0 Å². The first-order chi connectivity index (χ1) is 7.33. The number of aliphatic hydroxyl groups is 1. The molecule has 0 bridgehead atoms. The van der Waals surface area contributed by atoms with Gasteiger partial charge < -0.3 is 9.84 Å². The van der Waals surface area contributed by atoms with Crippen LogP contribution >= 0.6 is 11.3 Å². The summed E-state index contributed by atoms with van der Waals surface area (Å²) in [6.45, 7) is 0. The fourth-order valence-corrected chi connectivity index (χ4v) is 2.11. The molecule has 2 rings (SSSR count). The molecule has 0 saturated heterocycles. The van der Waals surface area contributed by atoms with Crippen LogP contribution in [0.5, 0.6) is 5.75 Å². The molecule has 0 amide bonds. The van der Waals surface area contributed by atoms with Gasteiger partial charge in [0, 0.05) is 16.6 Å². The van der Waals surface area contributed by atoms with Gasteiger partial charge in [0.2, 0.25) is 0 Å². The predicted octanol–water partition coefficient (Wildman–Crippen LogP) is 2.23. The SMILES string of the molecule is COc1cnccc1C(O)c1cccs1. The molecule has 78 valence electrons. The van der Waals surface area contributed by atoms with Gasteiger partial charge in [-0.05, 0) is 17.5 Å². The maximum absolute atomic E-state index is 10.1. The zero-order valence-corrected chi connectivity index (χ0v) is 9.07. The minimum Gasteiger partial charge on any atom is -0.495 e. The molecule has 3 nitrogen and oxygen atoms in total. The second-order valence-electron chi connectivity index (χ2n) is 3.04. The second kappa shape index (κ2) is 4.42. The van der Waals surface area contributed by atoms with E-state index >= 15 is 0 Å². The molecule has 2 aromatic rings. The van der Waals surface area contributed by atoms with E-state index in [9.17, 15) is 5.11 Å². The fraction of sp³-hybridized carbons (Fsp3) is 0.182. The molecule has 0 spiro atoms. The minimum atomic E-state index is -0.636. The molecular weight excluding hydrogens is 210 g/mol. The summed E-state index contributed by atoms with van der Waals surface area (Å²) >= 11 is 1.52. The lowest BCUT2D eigenvalue weighted by Gasteiger charge is -2.12. The highest BCUT2D eigenvalue weighted by molar-refractivity contribution is 7.10. The van der Waals surface area contributed by atoms with Crippen molar-refractivity contribution in [3.8, 4) is 5.75 Å². The molecule has 0 fully saturated rings. The molecule has 0 aromatic carbocycles. The highest BCUT2D eigenvalue weighted by atomic mass is 32.1. The molecule has 2 aromatic heterocycles. The van der Waals surface area contributed by atoms with E-state index in [2.05, 4.69) is 4.98 Å². The zero-order chi connectivity index (χ0) is 10.7. The summed E-state index contributed by atoms with van der Waals surface area (Å²) < 4.78 is 5.15. The minimum absolute atomic E-state index is 0.610. The Morgan fingerprint density at radius 2 is 2.33 bits per heavy atom. The molecule has 0 saturated carbocycles. The number of aliphatic hydroxyl groups excluding tert-OH is 1. The molecule has 2 heterocycles. The Morgan fingerprint density at radius 1 is 1.47 bits per heavy atom. The predicted molar refractivity (Wildman–Crippen MR) is 59.2 cm³/mol. The zero-order valence-electron chi connectivity index (χ0n) is 8.25. The van der Waals surface area contributed by atoms with Gasteiger partial charge in [0.15, 0.2) is 0 Å². The van der Waals surface area contributed by atoms with Crippen molar-refractivity contribution in [2.24, 2.45) is 0 Å². The number of pyridine rings is 1. The normalized spacial score (nSPS) is 12.4. The molecule has 1 N–H and O–H groups in total. The van der Waals surface area contributed by atoms with Crippen LogP contribution in [0, 0.1) is 0 Å². The molecule has 1 atom stereocenters. The first kappa shape index (κ1) is 10.1. The van der Waals surface area contributed by atoms with E-state index in [1.807, 2.05) is 17.5 Å². The molecule has 0 aliphatic rings. The van der Waals surface area contributed by atoms with Crippen molar-refractivity contribution < 1.29 is 9.84 Å². The first-order valence-corrected chi connectivity index (χ1v) is 5.40. The largest absolute Gasteiger partial charge is 0.495 e. The Balaban J connectivity index is 2.37. The monoisotopic (exact) mass is 221 g/mol. The van der Waals surface area contributed by atoms with Crippen molar-refractivity contribution in [2.75, 3.05) is 7.11 Å².